The van der Waals surface area contributed by atoms with E-state index in [-0.39, 0.29) is 11.8 Å². The average Bonchev–Trinajstić information content (AvgIpc) is 2.54. The number of hydrogen-bond donors (Lipinski definition) is 3. The second-order valence-electron chi connectivity index (χ2n) is 4.95. The fourth-order valence-corrected chi connectivity index (χ4v) is 2.05. The lowest BCUT2D eigenvalue weighted by molar-refractivity contribution is -0.116. The SMILES string of the molecule is CNC(=O)c1cccc(NC(=O)CCc2ccc(N)cc2)c1. The van der Waals surface area contributed by atoms with Gasteiger partial charge < -0.3 is 16.4 Å². The molecule has 2 aromatic rings. The molecule has 0 aromatic heterocycles. The summed E-state index contributed by atoms with van der Waals surface area (Å²) in [7, 11) is 1.57. The van der Waals surface area contributed by atoms with Crippen molar-refractivity contribution in [2.24, 2.45) is 0 Å². The molecule has 0 bridgehead atoms. The first-order chi connectivity index (χ1) is 10.6. The molecule has 0 saturated heterocycles. The molecular formula is C17H19N3O2. The van der Waals surface area contributed by atoms with Crippen molar-refractivity contribution in [3.05, 3.63) is 59.7 Å². The molecule has 0 saturated carbocycles. The monoisotopic (exact) mass is 297 g/mol. The highest BCUT2D eigenvalue weighted by Gasteiger charge is 2.06. The van der Waals surface area contributed by atoms with Crippen LogP contribution < -0.4 is 16.4 Å². The predicted molar refractivity (Wildman–Crippen MR) is 87.6 cm³/mol. The smallest absolute Gasteiger partial charge is 0.251 e. The van der Waals surface area contributed by atoms with Gasteiger partial charge in [0.2, 0.25) is 5.91 Å². The summed E-state index contributed by atoms with van der Waals surface area (Å²) in [5.41, 5.74) is 8.52. The lowest BCUT2D eigenvalue weighted by Gasteiger charge is -2.07. The Morgan fingerprint density at radius 3 is 2.50 bits per heavy atom. The van der Waals surface area contributed by atoms with Gasteiger partial charge in [0.1, 0.15) is 0 Å². The lowest BCUT2D eigenvalue weighted by atomic mass is 10.1. The van der Waals surface area contributed by atoms with Crippen LogP contribution in [0.4, 0.5) is 11.4 Å². The van der Waals surface area contributed by atoms with E-state index in [1.165, 1.54) is 0 Å². The van der Waals surface area contributed by atoms with Crippen molar-refractivity contribution in [3.63, 3.8) is 0 Å². The molecule has 0 atom stereocenters. The fourth-order valence-electron chi connectivity index (χ4n) is 2.05. The second kappa shape index (κ2) is 7.26. The van der Waals surface area contributed by atoms with Crippen LogP contribution in [0.5, 0.6) is 0 Å². The molecule has 0 unspecified atom stereocenters. The van der Waals surface area contributed by atoms with Crippen LogP contribution in [0.15, 0.2) is 48.5 Å². The van der Waals surface area contributed by atoms with Gasteiger partial charge in [-0.1, -0.05) is 18.2 Å². The quantitative estimate of drug-likeness (QED) is 0.740. The molecule has 0 spiro atoms. The third-order valence-corrected chi connectivity index (χ3v) is 3.26. The first kappa shape index (κ1) is 15.6. The highest BCUT2D eigenvalue weighted by Crippen LogP contribution is 2.12. The number of amides is 2. The Labute approximate surface area is 129 Å². The molecule has 0 radical (unpaired) electrons. The van der Waals surface area contributed by atoms with E-state index in [4.69, 9.17) is 5.73 Å². The zero-order valence-electron chi connectivity index (χ0n) is 12.4. The molecule has 114 valence electrons. The van der Waals surface area contributed by atoms with Crippen molar-refractivity contribution < 1.29 is 9.59 Å². The van der Waals surface area contributed by atoms with Crippen LogP contribution in [0, 0.1) is 0 Å². The Morgan fingerprint density at radius 1 is 1.09 bits per heavy atom. The van der Waals surface area contributed by atoms with Gasteiger partial charge in [0.15, 0.2) is 0 Å². The first-order valence-corrected chi connectivity index (χ1v) is 7.05. The van der Waals surface area contributed by atoms with E-state index in [9.17, 15) is 9.59 Å². The first-order valence-electron chi connectivity index (χ1n) is 7.05. The van der Waals surface area contributed by atoms with Crippen LogP contribution >= 0.6 is 0 Å². The van der Waals surface area contributed by atoms with E-state index in [1.807, 2.05) is 24.3 Å². The van der Waals surface area contributed by atoms with E-state index in [1.54, 1.807) is 31.3 Å². The molecule has 22 heavy (non-hydrogen) atoms. The Hall–Kier alpha value is -2.82. The van der Waals surface area contributed by atoms with Gasteiger partial charge in [0.25, 0.3) is 5.91 Å². The third-order valence-electron chi connectivity index (χ3n) is 3.26. The minimum atomic E-state index is -0.182. The number of nitrogens with two attached hydrogens (primary N) is 1. The summed E-state index contributed by atoms with van der Waals surface area (Å²) in [5.74, 6) is -0.274. The van der Waals surface area contributed by atoms with Gasteiger partial charge in [-0.25, -0.2) is 0 Å². The topological polar surface area (TPSA) is 84.2 Å². The molecule has 2 amide bonds. The molecule has 2 rings (SSSR count). The maximum atomic E-state index is 12.0. The van der Waals surface area contributed by atoms with Crippen molar-refractivity contribution in [2.45, 2.75) is 12.8 Å². The summed E-state index contributed by atoms with van der Waals surface area (Å²) < 4.78 is 0. The van der Waals surface area contributed by atoms with Crippen molar-refractivity contribution >= 4 is 23.2 Å². The largest absolute Gasteiger partial charge is 0.399 e. The maximum Gasteiger partial charge on any atom is 0.251 e. The molecule has 5 heteroatoms. The molecule has 0 aliphatic rings. The second-order valence-corrected chi connectivity index (χ2v) is 4.95. The van der Waals surface area contributed by atoms with Crippen LogP contribution in [-0.2, 0) is 11.2 Å². The molecule has 0 fully saturated rings. The predicted octanol–water partition coefficient (Wildman–Crippen LogP) is 2.20. The molecule has 4 N–H and O–H groups in total. The Bertz CT molecular complexity index is 666. The summed E-state index contributed by atoms with van der Waals surface area (Å²) in [4.78, 5) is 23.5. The number of carbonyl (C=O) groups is 2. The molecule has 0 aliphatic carbocycles. The molecule has 5 nitrogen and oxygen atoms in total. The van der Waals surface area contributed by atoms with E-state index < -0.39 is 0 Å². The summed E-state index contributed by atoms with van der Waals surface area (Å²) in [6.45, 7) is 0. The Kier molecular flexibility index (Phi) is 5.14. The molecule has 0 aliphatic heterocycles. The minimum Gasteiger partial charge on any atom is -0.399 e. The number of hydrogen-bond acceptors (Lipinski definition) is 3. The zero-order valence-corrected chi connectivity index (χ0v) is 12.4. The summed E-state index contributed by atoms with van der Waals surface area (Å²) >= 11 is 0. The summed E-state index contributed by atoms with van der Waals surface area (Å²) in [6.07, 6.45) is 1.01. The van der Waals surface area contributed by atoms with E-state index >= 15 is 0 Å². The summed E-state index contributed by atoms with van der Waals surface area (Å²) in [5, 5.41) is 5.35. The van der Waals surface area contributed by atoms with Crippen molar-refractivity contribution in [1.29, 1.82) is 0 Å². The molecular weight excluding hydrogens is 278 g/mol. The van der Waals surface area contributed by atoms with Crippen LogP contribution in [-0.4, -0.2) is 18.9 Å². The van der Waals surface area contributed by atoms with Gasteiger partial charge in [-0.3, -0.25) is 9.59 Å². The van der Waals surface area contributed by atoms with Crippen molar-refractivity contribution in [1.82, 2.24) is 5.32 Å². The van der Waals surface area contributed by atoms with Crippen molar-refractivity contribution in [3.8, 4) is 0 Å². The van der Waals surface area contributed by atoms with Crippen LogP contribution in [0.2, 0.25) is 0 Å². The zero-order chi connectivity index (χ0) is 15.9. The number of carbonyl (C=O) groups excluding carboxylic acids is 2. The van der Waals surface area contributed by atoms with Crippen LogP contribution in [0.1, 0.15) is 22.3 Å². The van der Waals surface area contributed by atoms with Gasteiger partial charge in [-0.05, 0) is 42.3 Å². The lowest BCUT2D eigenvalue weighted by Crippen LogP contribution is -2.18. The number of nitrogen functional groups attached to an aromatic ring is 1. The molecule has 0 heterocycles. The van der Waals surface area contributed by atoms with Crippen LogP contribution in [0.25, 0.3) is 0 Å². The van der Waals surface area contributed by atoms with E-state index in [0.717, 1.165) is 5.56 Å². The number of rotatable bonds is 5. The van der Waals surface area contributed by atoms with Gasteiger partial charge in [-0.2, -0.15) is 0 Å². The van der Waals surface area contributed by atoms with Gasteiger partial charge in [-0.15, -0.1) is 0 Å². The third kappa shape index (κ3) is 4.34. The number of aryl methyl sites for hydroxylation is 1. The summed E-state index contributed by atoms with van der Waals surface area (Å²) in [6, 6.07) is 14.3. The standard InChI is InChI=1S/C17H19N3O2/c1-19-17(22)13-3-2-4-15(11-13)20-16(21)10-7-12-5-8-14(18)9-6-12/h2-6,8-9,11H,7,10,18H2,1H3,(H,19,22)(H,20,21). The highest BCUT2D eigenvalue weighted by atomic mass is 16.2. The van der Waals surface area contributed by atoms with Gasteiger partial charge in [0.05, 0.1) is 0 Å². The van der Waals surface area contributed by atoms with E-state index in [0.29, 0.717) is 29.8 Å². The number of anilines is 2. The number of nitrogens with one attached hydrogen (secondary N) is 2. The minimum absolute atomic E-state index is 0.0918. The Morgan fingerprint density at radius 2 is 1.82 bits per heavy atom. The number of benzene rings is 2. The van der Waals surface area contributed by atoms with Crippen molar-refractivity contribution in [2.75, 3.05) is 18.1 Å². The van der Waals surface area contributed by atoms with E-state index in [2.05, 4.69) is 10.6 Å². The Balaban J connectivity index is 1.91. The average molecular weight is 297 g/mol. The van der Waals surface area contributed by atoms with Gasteiger partial charge >= 0.3 is 0 Å². The van der Waals surface area contributed by atoms with Gasteiger partial charge in [0, 0.05) is 30.4 Å². The molecule has 2 aromatic carbocycles. The fraction of sp³-hybridized carbons (Fsp3) is 0.176. The maximum absolute atomic E-state index is 12.0. The van der Waals surface area contributed by atoms with Crippen LogP contribution in [0.3, 0.4) is 0 Å². The normalized spacial score (nSPS) is 10.0. The highest BCUT2D eigenvalue weighted by molar-refractivity contribution is 5.97.